The molecule has 116 valence electrons. The number of carbonyl (C=O) groups is 1. The highest BCUT2D eigenvalue weighted by Crippen LogP contribution is 2.26. The third-order valence-corrected chi connectivity index (χ3v) is 4.14. The second kappa shape index (κ2) is 6.94. The van der Waals surface area contributed by atoms with E-state index >= 15 is 0 Å². The first-order chi connectivity index (χ1) is 10.0. The molecule has 4 nitrogen and oxygen atoms in total. The third-order valence-electron chi connectivity index (χ3n) is 4.14. The van der Waals surface area contributed by atoms with Crippen LogP contribution in [0.1, 0.15) is 31.4 Å². The highest BCUT2D eigenvalue weighted by molar-refractivity contribution is 5.75. The number of esters is 1. The van der Waals surface area contributed by atoms with E-state index in [0.29, 0.717) is 6.54 Å². The van der Waals surface area contributed by atoms with Crippen molar-refractivity contribution in [3.8, 4) is 0 Å². The van der Waals surface area contributed by atoms with Crippen LogP contribution >= 0.6 is 0 Å². The lowest BCUT2D eigenvalue weighted by Crippen LogP contribution is -2.41. The third kappa shape index (κ3) is 3.76. The maximum atomic E-state index is 11.8. The Bertz CT molecular complexity index is 500. The van der Waals surface area contributed by atoms with E-state index in [-0.39, 0.29) is 17.9 Å². The summed E-state index contributed by atoms with van der Waals surface area (Å²) >= 11 is 0. The minimum absolute atomic E-state index is 0.192. The van der Waals surface area contributed by atoms with Crippen molar-refractivity contribution in [2.24, 2.45) is 5.92 Å². The molecular weight excluding hydrogens is 264 g/mol. The molecule has 0 radical (unpaired) electrons. The summed E-state index contributed by atoms with van der Waals surface area (Å²) in [6.07, 6.45) is 2.34. The number of carbonyl (C=O) groups excluding carboxylic acids is 1. The maximum absolute atomic E-state index is 11.8. The van der Waals surface area contributed by atoms with Gasteiger partial charge in [-0.3, -0.25) is 4.79 Å². The molecule has 1 atom stereocenters. The number of hydrogen-bond acceptors (Lipinski definition) is 4. The van der Waals surface area contributed by atoms with Crippen LogP contribution in [0, 0.1) is 5.92 Å². The molecule has 2 rings (SSSR count). The van der Waals surface area contributed by atoms with Crippen molar-refractivity contribution < 1.29 is 9.53 Å². The molecule has 0 spiro atoms. The number of fused-ring (bicyclic) bond motifs is 1. The Balaban J connectivity index is 2.05. The van der Waals surface area contributed by atoms with Crippen molar-refractivity contribution in [3.63, 3.8) is 0 Å². The molecule has 4 heteroatoms. The average Bonchev–Trinajstić information content (AvgIpc) is 2.47. The van der Waals surface area contributed by atoms with Gasteiger partial charge < -0.3 is 15.0 Å². The number of nitrogens with zero attached hydrogens (tertiary/aromatic N) is 1. The fraction of sp³-hybridized carbons (Fsp3) is 0.588. The van der Waals surface area contributed by atoms with Gasteiger partial charge in [-0.2, -0.15) is 0 Å². The Labute approximate surface area is 127 Å². The Kier molecular flexibility index (Phi) is 5.23. The molecule has 0 aliphatic carbocycles. The summed E-state index contributed by atoms with van der Waals surface area (Å²) in [5.74, 6) is 0.0175. The summed E-state index contributed by atoms with van der Waals surface area (Å²) in [6, 6.07) is 6.33. The molecule has 1 N–H and O–H groups in total. The zero-order valence-corrected chi connectivity index (χ0v) is 13.5. The van der Waals surface area contributed by atoms with E-state index in [0.717, 1.165) is 13.0 Å². The summed E-state index contributed by atoms with van der Waals surface area (Å²) in [5, 5.41) is 3.32. The fourth-order valence-corrected chi connectivity index (χ4v) is 2.89. The molecule has 1 aromatic carbocycles. The van der Waals surface area contributed by atoms with Gasteiger partial charge in [0.1, 0.15) is 6.04 Å². The van der Waals surface area contributed by atoms with Crippen molar-refractivity contribution in [2.75, 3.05) is 25.6 Å². The summed E-state index contributed by atoms with van der Waals surface area (Å²) in [6.45, 7) is 5.87. The normalized spacial score (nSPS) is 15.8. The number of methoxy groups -OCH3 is 1. The zero-order chi connectivity index (χ0) is 15.4. The largest absolute Gasteiger partial charge is 0.468 e. The van der Waals surface area contributed by atoms with Gasteiger partial charge >= 0.3 is 5.97 Å². The first kappa shape index (κ1) is 15.8. The number of ether oxygens (including phenoxy) is 1. The molecule has 0 saturated carbocycles. The van der Waals surface area contributed by atoms with E-state index in [4.69, 9.17) is 4.74 Å². The van der Waals surface area contributed by atoms with Gasteiger partial charge in [0.25, 0.3) is 0 Å². The van der Waals surface area contributed by atoms with Gasteiger partial charge in [0.05, 0.1) is 7.11 Å². The quantitative estimate of drug-likeness (QED) is 0.845. The number of rotatable bonds is 5. The highest BCUT2D eigenvalue weighted by Gasteiger charge is 2.22. The molecule has 1 heterocycles. The van der Waals surface area contributed by atoms with E-state index < -0.39 is 0 Å². The topological polar surface area (TPSA) is 41.6 Å². The van der Waals surface area contributed by atoms with E-state index in [9.17, 15) is 4.79 Å². The standard InChI is InChI=1S/C17H26N2O2/c1-12(2)16(17(20)21-4)18-11-13-7-8-15-14(10-13)6-5-9-19(15)3/h7-8,10,12,16,18H,5-6,9,11H2,1-4H3. The number of hydrogen-bond donors (Lipinski definition) is 1. The van der Waals surface area contributed by atoms with E-state index in [1.165, 1.54) is 30.3 Å². The van der Waals surface area contributed by atoms with Crippen LogP contribution in [0.5, 0.6) is 0 Å². The number of aryl methyl sites for hydroxylation is 1. The summed E-state index contributed by atoms with van der Waals surface area (Å²) in [4.78, 5) is 14.1. The summed E-state index contributed by atoms with van der Waals surface area (Å²) in [7, 11) is 3.58. The van der Waals surface area contributed by atoms with Crippen LogP contribution < -0.4 is 10.2 Å². The molecular formula is C17H26N2O2. The van der Waals surface area contributed by atoms with Crippen LogP contribution in [0.15, 0.2) is 18.2 Å². The van der Waals surface area contributed by atoms with Gasteiger partial charge in [-0.25, -0.2) is 0 Å². The SMILES string of the molecule is COC(=O)C(NCc1ccc2c(c1)CCCN2C)C(C)C. The number of anilines is 1. The number of nitrogens with one attached hydrogen (secondary N) is 1. The molecule has 0 amide bonds. The highest BCUT2D eigenvalue weighted by atomic mass is 16.5. The van der Waals surface area contributed by atoms with Crippen molar-refractivity contribution in [1.82, 2.24) is 5.32 Å². The van der Waals surface area contributed by atoms with Gasteiger partial charge in [-0.15, -0.1) is 0 Å². The lowest BCUT2D eigenvalue weighted by atomic mass is 9.99. The monoisotopic (exact) mass is 290 g/mol. The lowest BCUT2D eigenvalue weighted by molar-refractivity contribution is -0.144. The van der Waals surface area contributed by atoms with Crippen LogP contribution in [0.4, 0.5) is 5.69 Å². The first-order valence-corrected chi connectivity index (χ1v) is 7.67. The van der Waals surface area contributed by atoms with Gasteiger partial charge in [-0.1, -0.05) is 26.0 Å². The number of benzene rings is 1. The van der Waals surface area contributed by atoms with Crippen LogP contribution in [-0.2, 0) is 22.5 Å². The summed E-state index contributed by atoms with van der Waals surface area (Å²) in [5.41, 5.74) is 3.96. The smallest absolute Gasteiger partial charge is 0.323 e. The van der Waals surface area contributed by atoms with E-state index in [1.54, 1.807) is 0 Å². The molecule has 0 saturated heterocycles. The molecule has 0 fully saturated rings. The zero-order valence-electron chi connectivity index (χ0n) is 13.5. The Morgan fingerprint density at radius 3 is 2.86 bits per heavy atom. The van der Waals surface area contributed by atoms with Gasteiger partial charge in [0.2, 0.25) is 0 Å². The van der Waals surface area contributed by atoms with Crippen LogP contribution in [-0.4, -0.2) is 32.7 Å². The van der Waals surface area contributed by atoms with Crippen LogP contribution in [0.2, 0.25) is 0 Å². The Morgan fingerprint density at radius 1 is 1.43 bits per heavy atom. The fourth-order valence-electron chi connectivity index (χ4n) is 2.89. The van der Waals surface area contributed by atoms with Crippen LogP contribution in [0.25, 0.3) is 0 Å². The van der Waals surface area contributed by atoms with Crippen molar-refractivity contribution in [2.45, 2.75) is 39.3 Å². The molecule has 0 bridgehead atoms. The average molecular weight is 290 g/mol. The van der Waals surface area contributed by atoms with Gasteiger partial charge in [-0.05, 0) is 36.0 Å². The minimum Gasteiger partial charge on any atom is -0.468 e. The van der Waals surface area contributed by atoms with Crippen molar-refractivity contribution >= 4 is 11.7 Å². The lowest BCUT2D eigenvalue weighted by Gasteiger charge is -2.28. The Morgan fingerprint density at radius 2 is 2.19 bits per heavy atom. The Hall–Kier alpha value is -1.55. The van der Waals surface area contributed by atoms with Crippen LogP contribution in [0.3, 0.4) is 0 Å². The predicted molar refractivity (Wildman–Crippen MR) is 85.5 cm³/mol. The van der Waals surface area contributed by atoms with Gasteiger partial charge in [0, 0.05) is 25.8 Å². The molecule has 1 aliphatic heterocycles. The second-order valence-electron chi connectivity index (χ2n) is 6.11. The molecule has 1 aliphatic rings. The first-order valence-electron chi connectivity index (χ1n) is 7.67. The van der Waals surface area contributed by atoms with E-state index in [1.807, 2.05) is 13.8 Å². The van der Waals surface area contributed by atoms with Crippen molar-refractivity contribution in [3.05, 3.63) is 29.3 Å². The summed E-state index contributed by atoms with van der Waals surface area (Å²) < 4.78 is 4.86. The molecule has 21 heavy (non-hydrogen) atoms. The second-order valence-corrected chi connectivity index (χ2v) is 6.11. The molecule has 0 aromatic heterocycles. The van der Waals surface area contributed by atoms with Crippen molar-refractivity contribution in [1.29, 1.82) is 0 Å². The molecule has 1 aromatic rings. The maximum Gasteiger partial charge on any atom is 0.323 e. The minimum atomic E-state index is -0.256. The molecule has 1 unspecified atom stereocenters. The van der Waals surface area contributed by atoms with E-state index in [2.05, 4.69) is 35.5 Å². The van der Waals surface area contributed by atoms with Gasteiger partial charge in [0.15, 0.2) is 0 Å². The predicted octanol–water partition coefficient (Wildman–Crippen LogP) is 2.36.